The SMILES string of the molecule is COC(=O)CCC(=O)c1cn(C)c2ccc(C(=O)O)cc12. The number of ether oxygens (including phenoxy) is 1. The van der Waals surface area contributed by atoms with Gasteiger partial charge in [0.1, 0.15) is 0 Å². The quantitative estimate of drug-likeness (QED) is 0.672. The number of nitrogens with zero attached hydrogens (tertiary/aromatic N) is 1. The molecule has 2 rings (SSSR count). The predicted molar refractivity (Wildman–Crippen MR) is 75.5 cm³/mol. The van der Waals surface area contributed by atoms with Gasteiger partial charge in [0.2, 0.25) is 0 Å². The summed E-state index contributed by atoms with van der Waals surface area (Å²) < 4.78 is 6.26. The van der Waals surface area contributed by atoms with E-state index in [2.05, 4.69) is 4.74 Å². The van der Waals surface area contributed by atoms with Gasteiger partial charge in [-0.15, -0.1) is 0 Å². The van der Waals surface area contributed by atoms with Crippen LogP contribution in [-0.4, -0.2) is 34.5 Å². The molecule has 1 aromatic heterocycles. The highest BCUT2D eigenvalue weighted by Gasteiger charge is 2.17. The molecule has 0 atom stereocenters. The van der Waals surface area contributed by atoms with Gasteiger partial charge >= 0.3 is 11.9 Å². The normalized spacial score (nSPS) is 10.6. The van der Waals surface area contributed by atoms with E-state index in [0.29, 0.717) is 10.9 Å². The zero-order chi connectivity index (χ0) is 15.6. The Balaban J connectivity index is 2.38. The number of esters is 1. The first-order valence-electron chi connectivity index (χ1n) is 6.36. The fraction of sp³-hybridized carbons (Fsp3) is 0.267. The van der Waals surface area contributed by atoms with Crippen molar-refractivity contribution >= 4 is 28.6 Å². The third kappa shape index (κ3) is 2.94. The van der Waals surface area contributed by atoms with E-state index in [9.17, 15) is 14.4 Å². The molecule has 0 amide bonds. The maximum Gasteiger partial charge on any atom is 0.335 e. The summed E-state index contributed by atoms with van der Waals surface area (Å²) in [6, 6.07) is 4.63. The van der Waals surface area contributed by atoms with E-state index in [1.807, 2.05) is 0 Å². The minimum absolute atomic E-state index is 0.00431. The van der Waals surface area contributed by atoms with Gasteiger partial charge in [0.25, 0.3) is 0 Å². The number of hydrogen-bond donors (Lipinski definition) is 1. The molecular formula is C15H15NO5. The first-order valence-corrected chi connectivity index (χ1v) is 6.36. The molecule has 1 N–H and O–H groups in total. The van der Waals surface area contributed by atoms with Crippen LogP contribution in [0.1, 0.15) is 33.6 Å². The van der Waals surface area contributed by atoms with Crippen LogP contribution in [0.5, 0.6) is 0 Å². The number of ketones is 1. The van der Waals surface area contributed by atoms with Crippen molar-refractivity contribution in [3.63, 3.8) is 0 Å². The molecule has 1 aromatic carbocycles. The lowest BCUT2D eigenvalue weighted by atomic mass is 10.0. The molecule has 0 unspecified atom stereocenters. The Morgan fingerprint density at radius 1 is 1.24 bits per heavy atom. The zero-order valence-corrected chi connectivity index (χ0v) is 11.8. The topological polar surface area (TPSA) is 85.6 Å². The molecule has 21 heavy (non-hydrogen) atoms. The van der Waals surface area contributed by atoms with Crippen LogP contribution in [0.15, 0.2) is 24.4 Å². The Bertz CT molecular complexity index is 729. The number of aromatic nitrogens is 1. The fourth-order valence-corrected chi connectivity index (χ4v) is 2.20. The second-order valence-corrected chi connectivity index (χ2v) is 4.69. The average Bonchev–Trinajstić information content (AvgIpc) is 2.81. The van der Waals surface area contributed by atoms with E-state index >= 15 is 0 Å². The van der Waals surface area contributed by atoms with Gasteiger partial charge in [-0.2, -0.15) is 0 Å². The van der Waals surface area contributed by atoms with E-state index < -0.39 is 11.9 Å². The molecule has 0 radical (unpaired) electrons. The highest BCUT2D eigenvalue weighted by Crippen LogP contribution is 2.24. The molecule has 0 saturated carbocycles. The highest BCUT2D eigenvalue weighted by molar-refractivity contribution is 6.10. The number of fused-ring (bicyclic) bond motifs is 1. The van der Waals surface area contributed by atoms with E-state index in [0.717, 1.165) is 5.52 Å². The van der Waals surface area contributed by atoms with Crippen LogP contribution in [0, 0.1) is 0 Å². The lowest BCUT2D eigenvalue weighted by Crippen LogP contribution is -2.05. The second-order valence-electron chi connectivity index (χ2n) is 4.69. The number of aromatic carboxylic acids is 1. The number of carbonyl (C=O) groups is 3. The molecule has 0 aliphatic heterocycles. The molecule has 6 nitrogen and oxygen atoms in total. The van der Waals surface area contributed by atoms with Crippen molar-refractivity contribution in [2.45, 2.75) is 12.8 Å². The number of carbonyl (C=O) groups excluding carboxylic acids is 2. The highest BCUT2D eigenvalue weighted by atomic mass is 16.5. The molecule has 110 valence electrons. The first-order chi connectivity index (χ1) is 9.93. The second kappa shape index (κ2) is 5.78. The molecule has 2 aromatic rings. The van der Waals surface area contributed by atoms with Crippen molar-refractivity contribution in [2.24, 2.45) is 7.05 Å². The number of Topliss-reactive ketones (excluding diaryl/α,β-unsaturated/α-hetero) is 1. The van der Waals surface area contributed by atoms with Crippen LogP contribution < -0.4 is 0 Å². The van der Waals surface area contributed by atoms with Crippen LogP contribution in [0.3, 0.4) is 0 Å². The third-order valence-corrected chi connectivity index (χ3v) is 3.32. The zero-order valence-electron chi connectivity index (χ0n) is 11.8. The summed E-state index contributed by atoms with van der Waals surface area (Å²) in [6.45, 7) is 0. The molecular weight excluding hydrogens is 274 g/mol. The summed E-state index contributed by atoms with van der Waals surface area (Å²) in [4.78, 5) is 34.3. The summed E-state index contributed by atoms with van der Waals surface area (Å²) in [6.07, 6.45) is 1.68. The number of benzene rings is 1. The molecule has 0 aliphatic carbocycles. The smallest absolute Gasteiger partial charge is 0.335 e. The van der Waals surface area contributed by atoms with Gasteiger partial charge in [-0.25, -0.2) is 4.79 Å². The van der Waals surface area contributed by atoms with Crippen molar-refractivity contribution in [2.75, 3.05) is 7.11 Å². The van der Waals surface area contributed by atoms with E-state index in [-0.39, 0.29) is 24.2 Å². The van der Waals surface area contributed by atoms with Gasteiger partial charge in [-0.3, -0.25) is 9.59 Å². The molecule has 0 bridgehead atoms. The molecule has 0 fully saturated rings. The minimum Gasteiger partial charge on any atom is -0.478 e. The Morgan fingerprint density at radius 2 is 1.95 bits per heavy atom. The number of carboxylic acids is 1. The van der Waals surface area contributed by atoms with Gasteiger partial charge in [-0.1, -0.05) is 0 Å². The van der Waals surface area contributed by atoms with Gasteiger partial charge in [0.05, 0.1) is 19.1 Å². The lowest BCUT2D eigenvalue weighted by Gasteiger charge is -2.00. The molecule has 1 heterocycles. The van der Waals surface area contributed by atoms with E-state index in [1.54, 1.807) is 23.9 Å². The Labute approximate surface area is 120 Å². The third-order valence-electron chi connectivity index (χ3n) is 3.32. The van der Waals surface area contributed by atoms with Gasteiger partial charge < -0.3 is 14.4 Å². The summed E-state index contributed by atoms with van der Waals surface area (Å²) in [5.41, 5.74) is 1.30. The predicted octanol–water partition coefficient (Wildman–Crippen LogP) is 2.01. The maximum absolute atomic E-state index is 12.2. The number of methoxy groups -OCH3 is 1. The van der Waals surface area contributed by atoms with Crippen LogP contribution in [0.4, 0.5) is 0 Å². The first kappa shape index (κ1) is 14.8. The van der Waals surface area contributed by atoms with Crippen LogP contribution >= 0.6 is 0 Å². The number of carboxylic acid groups (broad SMARTS) is 1. The van der Waals surface area contributed by atoms with Gasteiger partial charge in [0.15, 0.2) is 5.78 Å². The summed E-state index contributed by atoms with van der Waals surface area (Å²) >= 11 is 0. The van der Waals surface area contributed by atoms with Crippen LogP contribution in [-0.2, 0) is 16.6 Å². The Hall–Kier alpha value is -2.63. The molecule has 0 saturated heterocycles. The number of aryl methyl sites for hydroxylation is 1. The Kier molecular flexibility index (Phi) is 4.07. The number of rotatable bonds is 5. The van der Waals surface area contributed by atoms with Crippen molar-refractivity contribution < 1.29 is 24.2 Å². The van der Waals surface area contributed by atoms with Crippen molar-refractivity contribution in [1.29, 1.82) is 0 Å². The Morgan fingerprint density at radius 3 is 2.57 bits per heavy atom. The molecule has 6 heteroatoms. The van der Waals surface area contributed by atoms with Crippen molar-refractivity contribution in [3.8, 4) is 0 Å². The monoisotopic (exact) mass is 289 g/mol. The number of hydrogen-bond acceptors (Lipinski definition) is 4. The van der Waals surface area contributed by atoms with Gasteiger partial charge in [0, 0.05) is 36.1 Å². The van der Waals surface area contributed by atoms with E-state index in [1.165, 1.54) is 19.2 Å². The molecule has 0 aliphatic rings. The summed E-state index contributed by atoms with van der Waals surface area (Å²) in [7, 11) is 3.05. The average molecular weight is 289 g/mol. The summed E-state index contributed by atoms with van der Waals surface area (Å²) in [5.74, 6) is -1.71. The van der Waals surface area contributed by atoms with Crippen molar-refractivity contribution in [3.05, 3.63) is 35.5 Å². The molecule has 0 spiro atoms. The maximum atomic E-state index is 12.2. The fourth-order valence-electron chi connectivity index (χ4n) is 2.20. The van der Waals surface area contributed by atoms with Crippen LogP contribution in [0.2, 0.25) is 0 Å². The summed E-state index contributed by atoms with van der Waals surface area (Å²) in [5, 5.41) is 9.61. The van der Waals surface area contributed by atoms with Gasteiger partial charge in [-0.05, 0) is 18.2 Å². The minimum atomic E-state index is -1.05. The van der Waals surface area contributed by atoms with E-state index in [4.69, 9.17) is 5.11 Å². The lowest BCUT2D eigenvalue weighted by molar-refractivity contribution is -0.140. The van der Waals surface area contributed by atoms with Crippen molar-refractivity contribution in [1.82, 2.24) is 4.57 Å². The van der Waals surface area contributed by atoms with Crippen LogP contribution in [0.25, 0.3) is 10.9 Å². The largest absolute Gasteiger partial charge is 0.478 e. The standard InChI is InChI=1S/C15H15NO5/c1-16-8-11(13(17)5-6-14(18)21-2)10-7-9(15(19)20)3-4-12(10)16/h3-4,7-8H,5-6H2,1-2H3,(H,19,20).